The first-order valence-electron chi connectivity index (χ1n) is 5.23. The smallest absolute Gasteiger partial charge is 0.254 e. The van der Waals surface area contributed by atoms with E-state index in [2.05, 4.69) is 5.73 Å². The van der Waals surface area contributed by atoms with Crippen LogP contribution in [0, 0.1) is 23.3 Å². The molecule has 0 aliphatic carbocycles. The van der Waals surface area contributed by atoms with E-state index in [0.717, 1.165) is 0 Å². The molecule has 1 amide bonds. The van der Waals surface area contributed by atoms with E-state index in [-0.39, 0.29) is 13.0 Å². The minimum absolute atomic E-state index is 0.104. The zero-order valence-corrected chi connectivity index (χ0v) is 10.7. The van der Waals surface area contributed by atoms with Crippen LogP contribution >= 0.6 is 0 Å². The molecule has 0 atom stereocenters. The van der Waals surface area contributed by atoms with Gasteiger partial charge in [-0.05, 0) is 13.0 Å². The number of amides is 1. The average molecular weight is 314 g/mol. The predicted molar refractivity (Wildman–Crippen MR) is 60.5 cm³/mol. The van der Waals surface area contributed by atoms with Gasteiger partial charge < -0.3 is 11.5 Å². The van der Waals surface area contributed by atoms with Gasteiger partial charge in [0.05, 0.1) is 5.75 Å². The standard InChI is InChI=1S/C10H10F4N2O3S/c11-5-4(10(16)17)6(12)8(14)9(7(5)13)20(18,19)3-1-2-15/h1-3,15H2,(H2,16,17). The van der Waals surface area contributed by atoms with Gasteiger partial charge in [-0.2, -0.15) is 0 Å². The lowest BCUT2D eigenvalue weighted by molar-refractivity contribution is 0.0989. The number of nitrogens with two attached hydrogens (primary N) is 2. The van der Waals surface area contributed by atoms with Crippen molar-refractivity contribution in [2.24, 2.45) is 11.5 Å². The Balaban J connectivity index is 3.64. The summed E-state index contributed by atoms with van der Waals surface area (Å²) in [5, 5.41) is 0. The first-order chi connectivity index (χ1) is 9.15. The fraction of sp³-hybridized carbons (Fsp3) is 0.300. The maximum atomic E-state index is 13.6. The molecule has 1 aromatic carbocycles. The van der Waals surface area contributed by atoms with E-state index in [4.69, 9.17) is 5.73 Å². The Morgan fingerprint density at radius 1 is 1.00 bits per heavy atom. The first kappa shape index (κ1) is 16.4. The van der Waals surface area contributed by atoms with Gasteiger partial charge in [-0.1, -0.05) is 0 Å². The third-order valence-electron chi connectivity index (χ3n) is 2.40. The van der Waals surface area contributed by atoms with Crippen LogP contribution in [0.25, 0.3) is 0 Å². The molecule has 1 aromatic rings. The summed E-state index contributed by atoms with van der Waals surface area (Å²) >= 11 is 0. The number of halogens is 4. The van der Waals surface area contributed by atoms with Gasteiger partial charge in [0, 0.05) is 0 Å². The predicted octanol–water partition coefficient (Wildman–Crippen LogP) is 0.464. The molecule has 0 unspecified atom stereocenters. The van der Waals surface area contributed by atoms with Crippen molar-refractivity contribution in [2.45, 2.75) is 11.3 Å². The third-order valence-corrected chi connectivity index (χ3v) is 4.20. The summed E-state index contributed by atoms with van der Waals surface area (Å²) in [5.41, 5.74) is 7.96. The van der Waals surface area contributed by atoms with Gasteiger partial charge in [-0.3, -0.25) is 4.79 Å². The Kier molecular flexibility index (Phi) is 4.71. The Labute approximate surface area is 111 Å². The summed E-state index contributed by atoms with van der Waals surface area (Å²) in [6.45, 7) is -0.104. The lowest BCUT2D eigenvalue weighted by Crippen LogP contribution is -2.22. The Hall–Kier alpha value is -1.68. The molecule has 0 bridgehead atoms. The van der Waals surface area contributed by atoms with Gasteiger partial charge >= 0.3 is 0 Å². The van der Waals surface area contributed by atoms with Crippen LogP contribution in [0.2, 0.25) is 0 Å². The zero-order valence-electron chi connectivity index (χ0n) is 9.92. The Morgan fingerprint density at radius 3 is 1.80 bits per heavy atom. The highest BCUT2D eigenvalue weighted by Gasteiger charge is 2.34. The van der Waals surface area contributed by atoms with Crippen molar-refractivity contribution in [3.63, 3.8) is 0 Å². The fourth-order valence-electron chi connectivity index (χ4n) is 1.48. The molecule has 20 heavy (non-hydrogen) atoms. The van der Waals surface area contributed by atoms with Gasteiger partial charge in [0.15, 0.2) is 33.1 Å². The van der Waals surface area contributed by atoms with Gasteiger partial charge in [0.2, 0.25) is 0 Å². The first-order valence-corrected chi connectivity index (χ1v) is 6.89. The van der Waals surface area contributed by atoms with Crippen LogP contribution in [-0.4, -0.2) is 26.6 Å². The molecule has 0 heterocycles. The highest BCUT2D eigenvalue weighted by atomic mass is 32.2. The molecule has 0 aliphatic heterocycles. The van der Waals surface area contributed by atoms with E-state index in [1.165, 1.54) is 0 Å². The Bertz CT molecular complexity index is 632. The lowest BCUT2D eigenvalue weighted by atomic mass is 10.1. The van der Waals surface area contributed by atoms with Crippen molar-refractivity contribution in [2.75, 3.05) is 12.3 Å². The normalized spacial score (nSPS) is 11.7. The van der Waals surface area contributed by atoms with Crippen LogP contribution in [0.3, 0.4) is 0 Å². The number of hydrogen-bond donors (Lipinski definition) is 2. The highest BCUT2D eigenvalue weighted by molar-refractivity contribution is 7.91. The van der Waals surface area contributed by atoms with Crippen molar-refractivity contribution < 1.29 is 30.8 Å². The average Bonchev–Trinajstić information content (AvgIpc) is 2.34. The van der Waals surface area contributed by atoms with Crippen LogP contribution in [-0.2, 0) is 9.84 Å². The second-order valence-corrected chi connectivity index (χ2v) is 5.83. The van der Waals surface area contributed by atoms with Crippen LogP contribution in [0.1, 0.15) is 16.8 Å². The van der Waals surface area contributed by atoms with Crippen LogP contribution in [0.15, 0.2) is 4.90 Å². The molecule has 0 saturated carbocycles. The van der Waals surface area contributed by atoms with E-state index in [1.54, 1.807) is 0 Å². The molecule has 0 aliphatic rings. The molecule has 0 fully saturated rings. The summed E-state index contributed by atoms with van der Waals surface area (Å²) < 4.78 is 77.3. The van der Waals surface area contributed by atoms with Crippen LogP contribution in [0.5, 0.6) is 0 Å². The number of hydrogen-bond acceptors (Lipinski definition) is 4. The summed E-state index contributed by atoms with van der Waals surface area (Å²) in [5.74, 6) is -11.2. The number of benzene rings is 1. The van der Waals surface area contributed by atoms with Crippen molar-refractivity contribution in [3.8, 4) is 0 Å². The van der Waals surface area contributed by atoms with E-state index >= 15 is 0 Å². The highest BCUT2D eigenvalue weighted by Crippen LogP contribution is 2.28. The van der Waals surface area contributed by atoms with Crippen molar-refractivity contribution in [3.05, 3.63) is 28.8 Å². The summed E-state index contributed by atoms with van der Waals surface area (Å²) in [7, 11) is -4.63. The maximum absolute atomic E-state index is 13.6. The quantitative estimate of drug-likeness (QED) is 0.609. The van der Waals surface area contributed by atoms with Gasteiger partial charge in [0.1, 0.15) is 10.5 Å². The molecular weight excluding hydrogens is 304 g/mol. The van der Waals surface area contributed by atoms with Crippen molar-refractivity contribution in [1.29, 1.82) is 0 Å². The fourth-order valence-corrected chi connectivity index (χ4v) is 2.95. The molecule has 0 aromatic heterocycles. The van der Waals surface area contributed by atoms with Gasteiger partial charge in [-0.15, -0.1) is 0 Å². The molecular formula is C10H10F4N2O3S. The van der Waals surface area contributed by atoms with Crippen LogP contribution in [0.4, 0.5) is 17.6 Å². The second-order valence-electron chi connectivity index (χ2n) is 3.79. The molecule has 4 N–H and O–H groups in total. The minimum Gasteiger partial charge on any atom is -0.365 e. The monoisotopic (exact) mass is 314 g/mol. The molecule has 5 nitrogen and oxygen atoms in total. The maximum Gasteiger partial charge on any atom is 0.254 e. The van der Waals surface area contributed by atoms with Crippen LogP contribution < -0.4 is 11.5 Å². The number of carbonyl (C=O) groups is 1. The largest absolute Gasteiger partial charge is 0.365 e. The summed E-state index contributed by atoms with van der Waals surface area (Å²) in [6.07, 6.45) is -0.165. The van der Waals surface area contributed by atoms with E-state index < -0.39 is 55.2 Å². The molecule has 0 saturated heterocycles. The van der Waals surface area contributed by atoms with Crippen molar-refractivity contribution in [1.82, 2.24) is 0 Å². The van der Waals surface area contributed by atoms with Gasteiger partial charge in [-0.25, -0.2) is 26.0 Å². The van der Waals surface area contributed by atoms with E-state index in [9.17, 15) is 30.8 Å². The van der Waals surface area contributed by atoms with E-state index in [0.29, 0.717) is 0 Å². The zero-order chi connectivity index (χ0) is 15.7. The SMILES string of the molecule is NCCCS(=O)(=O)c1c(F)c(F)c(C(N)=O)c(F)c1F. The molecule has 112 valence electrons. The molecule has 0 radical (unpaired) electrons. The Morgan fingerprint density at radius 2 is 1.45 bits per heavy atom. The minimum atomic E-state index is -4.63. The van der Waals surface area contributed by atoms with E-state index in [1.807, 2.05) is 0 Å². The van der Waals surface area contributed by atoms with Gasteiger partial charge in [0.25, 0.3) is 5.91 Å². The summed E-state index contributed by atoms with van der Waals surface area (Å²) in [6, 6.07) is 0. The topological polar surface area (TPSA) is 103 Å². The lowest BCUT2D eigenvalue weighted by Gasteiger charge is -2.10. The third kappa shape index (κ3) is 2.75. The molecule has 0 spiro atoms. The second kappa shape index (κ2) is 5.75. The summed E-state index contributed by atoms with van der Waals surface area (Å²) in [4.78, 5) is 8.95. The number of rotatable bonds is 5. The van der Waals surface area contributed by atoms with Crippen molar-refractivity contribution >= 4 is 15.7 Å². The number of carbonyl (C=O) groups excluding carboxylic acids is 1. The molecule has 10 heteroatoms. The number of primary amides is 1. The number of sulfone groups is 1. The molecule has 1 rings (SSSR count).